The lowest BCUT2D eigenvalue weighted by Crippen LogP contribution is -2.02. The molecular weight excluding hydrogens is 314 g/mol. The predicted octanol–water partition coefficient (Wildman–Crippen LogP) is 3.80. The number of aromatic nitrogens is 1. The highest BCUT2D eigenvalue weighted by Gasteiger charge is 2.07. The number of carboxylic acid groups (broad SMARTS) is 1. The van der Waals surface area contributed by atoms with E-state index in [0.29, 0.717) is 5.69 Å². The molecule has 0 aliphatic carbocycles. The SMILES string of the molecule is Cl.O=C(O)c1ccccc1N/N=C\c1ccnc2ccccc12. The Morgan fingerprint density at radius 1 is 1.09 bits per heavy atom. The van der Waals surface area contributed by atoms with Gasteiger partial charge in [0, 0.05) is 17.1 Å². The standard InChI is InChI=1S/C17H13N3O2.ClH/c21-17(22)14-6-2-4-8-16(14)20-19-11-12-9-10-18-15-7-3-1-5-13(12)15;/h1-11,20H,(H,21,22);1H/b19-11-;. The maximum Gasteiger partial charge on any atom is 0.337 e. The molecule has 0 bridgehead atoms. The number of carbonyl (C=O) groups is 1. The second-order valence-corrected chi connectivity index (χ2v) is 4.64. The number of nitrogens with zero attached hydrogens (tertiary/aromatic N) is 2. The molecule has 0 radical (unpaired) electrons. The number of aromatic carboxylic acids is 1. The van der Waals surface area contributed by atoms with Gasteiger partial charge in [0.1, 0.15) is 0 Å². The van der Waals surface area contributed by atoms with Crippen molar-refractivity contribution in [3.8, 4) is 0 Å². The topological polar surface area (TPSA) is 74.6 Å². The summed E-state index contributed by atoms with van der Waals surface area (Å²) in [6, 6.07) is 16.3. The first-order chi connectivity index (χ1) is 10.8. The van der Waals surface area contributed by atoms with E-state index in [2.05, 4.69) is 15.5 Å². The third-order valence-corrected chi connectivity index (χ3v) is 3.23. The number of benzene rings is 2. The van der Waals surface area contributed by atoms with Gasteiger partial charge in [0.15, 0.2) is 0 Å². The number of hydrogen-bond acceptors (Lipinski definition) is 4. The fourth-order valence-corrected chi connectivity index (χ4v) is 2.17. The van der Waals surface area contributed by atoms with Crippen LogP contribution in [0.1, 0.15) is 15.9 Å². The molecule has 1 aromatic heterocycles. The number of pyridine rings is 1. The molecule has 5 nitrogen and oxygen atoms in total. The van der Waals surface area contributed by atoms with Crippen LogP contribution in [0.5, 0.6) is 0 Å². The summed E-state index contributed by atoms with van der Waals surface area (Å²) in [6.07, 6.45) is 3.37. The van der Waals surface area contributed by atoms with Gasteiger partial charge in [-0.2, -0.15) is 5.10 Å². The van der Waals surface area contributed by atoms with Crippen molar-refractivity contribution in [1.82, 2.24) is 4.98 Å². The second kappa shape index (κ2) is 7.38. The smallest absolute Gasteiger partial charge is 0.337 e. The third-order valence-electron chi connectivity index (χ3n) is 3.23. The van der Waals surface area contributed by atoms with Gasteiger partial charge in [-0.05, 0) is 24.3 Å². The van der Waals surface area contributed by atoms with E-state index < -0.39 is 5.97 Å². The second-order valence-electron chi connectivity index (χ2n) is 4.64. The number of anilines is 1. The van der Waals surface area contributed by atoms with Gasteiger partial charge >= 0.3 is 5.97 Å². The fraction of sp³-hybridized carbons (Fsp3) is 0. The lowest BCUT2D eigenvalue weighted by molar-refractivity contribution is 0.0698. The Morgan fingerprint density at radius 2 is 1.83 bits per heavy atom. The van der Waals surface area contributed by atoms with Crippen molar-refractivity contribution < 1.29 is 9.90 Å². The molecule has 3 rings (SSSR count). The minimum Gasteiger partial charge on any atom is -0.478 e. The molecule has 0 fully saturated rings. The Bertz CT molecular complexity index is 860. The van der Waals surface area contributed by atoms with Crippen molar-refractivity contribution in [3.63, 3.8) is 0 Å². The van der Waals surface area contributed by atoms with Crippen LogP contribution in [0.4, 0.5) is 5.69 Å². The number of hydrogen-bond donors (Lipinski definition) is 2. The molecule has 1 heterocycles. The number of rotatable bonds is 4. The molecule has 23 heavy (non-hydrogen) atoms. The molecule has 0 saturated carbocycles. The zero-order valence-electron chi connectivity index (χ0n) is 12.0. The Morgan fingerprint density at radius 3 is 2.65 bits per heavy atom. The highest BCUT2D eigenvalue weighted by atomic mass is 35.5. The van der Waals surface area contributed by atoms with Crippen LogP contribution in [-0.2, 0) is 0 Å². The van der Waals surface area contributed by atoms with Crippen molar-refractivity contribution in [2.45, 2.75) is 0 Å². The summed E-state index contributed by atoms with van der Waals surface area (Å²) in [4.78, 5) is 15.4. The lowest BCUT2D eigenvalue weighted by atomic mass is 10.1. The van der Waals surface area contributed by atoms with Crippen LogP contribution in [0.25, 0.3) is 10.9 Å². The van der Waals surface area contributed by atoms with Gasteiger partial charge in [-0.25, -0.2) is 4.79 Å². The zero-order valence-corrected chi connectivity index (χ0v) is 12.8. The lowest BCUT2D eigenvalue weighted by Gasteiger charge is -2.04. The van der Waals surface area contributed by atoms with Crippen LogP contribution < -0.4 is 5.43 Å². The molecule has 116 valence electrons. The highest BCUT2D eigenvalue weighted by molar-refractivity contribution is 5.98. The summed E-state index contributed by atoms with van der Waals surface area (Å²) in [6.45, 7) is 0. The van der Waals surface area contributed by atoms with Crippen molar-refractivity contribution in [1.29, 1.82) is 0 Å². The summed E-state index contributed by atoms with van der Waals surface area (Å²) in [7, 11) is 0. The number of carboxylic acids is 1. The number of halogens is 1. The van der Waals surface area contributed by atoms with Crippen LogP contribution in [0.3, 0.4) is 0 Å². The molecule has 3 aromatic rings. The van der Waals surface area contributed by atoms with Crippen LogP contribution >= 0.6 is 12.4 Å². The van der Waals surface area contributed by atoms with Gasteiger partial charge in [0.05, 0.1) is 23.0 Å². The van der Waals surface area contributed by atoms with Crippen molar-refractivity contribution >= 4 is 41.2 Å². The summed E-state index contributed by atoms with van der Waals surface area (Å²) in [5.41, 5.74) is 5.20. The van der Waals surface area contributed by atoms with Gasteiger partial charge in [-0.1, -0.05) is 30.3 Å². The van der Waals surface area contributed by atoms with E-state index in [1.807, 2.05) is 30.3 Å². The Kier molecular flexibility index (Phi) is 5.28. The van der Waals surface area contributed by atoms with E-state index in [1.165, 1.54) is 6.07 Å². The van der Waals surface area contributed by atoms with Gasteiger partial charge in [-0.15, -0.1) is 12.4 Å². The zero-order chi connectivity index (χ0) is 15.4. The average molecular weight is 328 g/mol. The van der Waals surface area contributed by atoms with Gasteiger partial charge in [-0.3, -0.25) is 10.4 Å². The molecule has 2 aromatic carbocycles. The van der Waals surface area contributed by atoms with Crippen LogP contribution in [0.15, 0.2) is 65.9 Å². The minimum absolute atomic E-state index is 0. The largest absolute Gasteiger partial charge is 0.478 e. The summed E-state index contributed by atoms with van der Waals surface area (Å²) in [5, 5.41) is 14.3. The average Bonchev–Trinajstić information content (AvgIpc) is 2.55. The fourth-order valence-electron chi connectivity index (χ4n) is 2.17. The van der Waals surface area contributed by atoms with Gasteiger partial charge < -0.3 is 5.11 Å². The molecule has 2 N–H and O–H groups in total. The number of nitrogens with one attached hydrogen (secondary N) is 1. The summed E-state index contributed by atoms with van der Waals surface area (Å²) >= 11 is 0. The molecule has 0 saturated heterocycles. The molecule has 0 spiro atoms. The van der Waals surface area contributed by atoms with E-state index in [4.69, 9.17) is 5.11 Å². The quantitative estimate of drug-likeness (QED) is 0.564. The van der Waals surface area contributed by atoms with Crippen molar-refractivity contribution in [2.75, 3.05) is 5.43 Å². The monoisotopic (exact) mass is 327 g/mol. The minimum atomic E-state index is -0.993. The van der Waals surface area contributed by atoms with Crippen LogP contribution in [0.2, 0.25) is 0 Å². The highest BCUT2D eigenvalue weighted by Crippen LogP contribution is 2.16. The van der Waals surface area contributed by atoms with E-state index in [0.717, 1.165) is 16.5 Å². The van der Waals surface area contributed by atoms with Gasteiger partial charge in [0.25, 0.3) is 0 Å². The van der Waals surface area contributed by atoms with Crippen LogP contribution in [0, 0.1) is 0 Å². The van der Waals surface area contributed by atoms with E-state index in [9.17, 15) is 4.79 Å². The molecule has 6 heteroatoms. The molecule has 0 aliphatic rings. The van der Waals surface area contributed by atoms with E-state index in [1.54, 1.807) is 30.6 Å². The summed E-state index contributed by atoms with van der Waals surface area (Å²) < 4.78 is 0. The maximum atomic E-state index is 11.1. The molecule has 0 amide bonds. The summed E-state index contributed by atoms with van der Waals surface area (Å²) in [5.74, 6) is -0.993. The van der Waals surface area contributed by atoms with Crippen LogP contribution in [-0.4, -0.2) is 22.3 Å². The molecule has 0 atom stereocenters. The van der Waals surface area contributed by atoms with E-state index >= 15 is 0 Å². The molecule has 0 unspecified atom stereocenters. The van der Waals surface area contributed by atoms with Crippen molar-refractivity contribution in [3.05, 3.63) is 71.9 Å². The normalized spacial score (nSPS) is 10.4. The number of fused-ring (bicyclic) bond motifs is 1. The number of hydrazone groups is 1. The first-order valence-electron chi connectivity index (χ1n) is 6.71. The Balaban J connectivity index is 0.00000192. The number of para-hydroxylation sites is 2. The maximum absolute atomic E-state index is 11.1. The third kappa shape index (κ3) is 3.64. The first kappa shape index (κ1) is 16.5. The Hall–Kier alpha value is -2.92. The molecular formula is C17H14ClN3O2. The predicted molar refractivity (Wildman–Crippen MR) is 93.6 cm³/mol. The van der Waals surface area contributed by atoms with E-state index in [-0.39, 0.29) is 18.0 Å². The van der Waals surface area contributed by atoms with Crippen molar-refractivity contribution in [2.24, 2.45) is 5.10 Å². The van der Waals surface area contributed by atoms with Gasteiger partial charge in [0.2, 0.25) is 0 Å². The molecule has 0 aliphatic heterocycles. The Labute approximate surface area is 139 Å². The first-order valence-corrected chi connectivity index (χ1v) is 6.71.